The first-order valence-corrected chi connectivity index (χ1v) is 8.18. The molecule has 3 aromatic rings. The Kier molecular flexibility index (Phi) is 2.95. The van der Waals surface area contributed by atoms with Gasteiger partial charge in [0.05, 0.1) is 17.3 Å². The highest BCUT2D eigenvalue weighted by atomic mass is 32.1. The molecule has 0 saturated carbocycles. The maximum Gasteiger partial charge on any atom is 0.268 e. The smallest absolute Gasteiger partial charge is 0.268 e. The molecule has 0 unspecified atom stereocenters. The van der Waals surface area contributed by atoms with E-state index in [9.17, 15) is 4.79 Å². The van der Waals surface area contributed by atoms with E-state index in [4.69, 9.17) is 4.98 Å². The minimum Gasteiger partial charge on any atom is -0.308 e. The molecule has 4 rings (SSSR count). The number of thiophene rings is 1. The van der Waals surface area contributed by atoms with Crippen LogP contribution in [-0.4, -0.2) is 26.7 Å². The Morgan fingerprint density at radius 3 is 2.95 bits per heavy atom. The van der Waals surface area contributed by atoms with Crippen molar-refractivity contribution in [1.82, 2.24) is 25.5 Å². The molecule has 0 aromatic carbocycles. The van der Waals surface area contributed by atoms with Crippen molar-refractivity contribution < 1.29 is 0 Å². The average molecular weight is 315 g/mol. The second kappa shape index (κ2) is 4.76. The van der Waals surface area contributed by atoms with Gasteiger partial charge in [-0.3, -0.25) is 9.89 Å². The zero-order valence-electron chi connectivity index (χ0n) is 12.5. The molecule has 1 aliphatic rings. The molecular formula is C15H17N5OS. The van der Waals surface area contributed by atoms with E-state index in [2.05, 4.69) is 27.4 Å². The third-order valence-corrected chi connectivity index (χ3v) is 5.53. The fraction of sp³-hybridized carbons (Fsp3) is 0.400. The van der Waals surface area contributed by atoms with Crippen LogP contribution < -0.4 is 10.9 Å². The van der Waals surface area contributed by atoms with Crippen LogP contribution in [-0.2, 0) is 5.54 Å². The summed E-state index contributed by atoms with van der Waals surface area (Å²) in [6, 6.07) is 1.98. The minimum absolute atomic E-state index is 0.0627. The van der Waals surface area contributed by atoms with Crippen LogP contribution in [0.1, 0.15) is 31.3 Å². The molecule has 0 radical (unpaired) electrons. The number of hydrogen-bond donors (Lipinski definition) is 3. The molecule has 7 heteroatoms. The van der Waals surface area contributed by atoms with E-state index in [1.807, 2.05) is 13.0 Å². The molecule has 0 aliphatic carbocycles. The zero-order chi connectivity index (χ0) is 15.3. The lowest BCUT2D eigenvalue weighted by molar-refractivity contribution is 0.407. The molecule has 3 N–H and O–H groups in total. The Morgan fingerprint density at radius 2 is 2.27 bits per heavy atom. The lowest BCUT2D eigenvalue weighted by atomic mass is 9.99. The summed E-state index contributed by atoms with van der Waals surface area (Å²) in [7, 11) is 0. The highest BCUT2D eigenvalue weighted by molar-refractivity contribution is 7.22. The van der Waals surface area contributed by atoms with Gasteiger partial charge in [-0.05, 0) is 39.3 Å². The Labute approximate surface area is 131 Å². The van der Waals surface area contributed by atoms with Gasteiger partial charge in [0.25, 0.3) is 5.56 Å². The highest BCUT2D eigenvalue weighted by Crippen LogP contribution is 2.33. The molecule has 0 amide bonds. The lowest BCUT2D eigenvalue weighted by Crippen LogP contribution is -2.36. The number of nitrogens with one attached hydrogen (secondary N) is 3. The predicted octanol–water partition coefficient (Wildman–Crippen LogP) is 2.28. The molecule has 3 aromatic heterocycles. The first-order valence-electron chi connectivity index (χ1n) is 7.36. The second-order valence-electron chi connectivity index (χ2n) is 6.01. The Hall–Kier alpha value is -1.99. The molecule has 1 aliphatic heterocycles. The summed E-state index contributed by atoms with van der Waals surface area (Å²) >= 11 is 1.46. The number of rotatable bonds is 2. The molecule has 1 atom stereocenters. The van der Waals surface area contributed by atoms with Crippen LogP contribution >= 0.6 is 11.3 Å². The third-order valence-electron chi connectivity index (χ3n) is 4.37. The van der Waals surface area contributed by atoms with Gasteiger partial charge in [-0.2, -0.15) is 5.10 Å². The summed E-state index contributed by atoms with van der Waals surface area (Å²) in [4.78, 5) is 21.1. The van der Waals surface area contributed by atoms with E-state index in [-0.39, 0.29) is 11.1 Å². The number of H-pyrrole nitrogens is 2. The van der Waals surface area contributed by atoms with Gasteiger partial charge in [-0.25, -0.2) is 4.98 Å². The first-order chi connectivity index (χ1) is 10.6. The molecular weight excluding hydrogens is 298 g/mol. The Bertz CT molecular complexity index is 900. The minimum atomic E-state index is -0.235. The number of aromatic amines is 2. The van der Waals surface area contributed by atoms with Crippen molar-refractivity contribution in [2.75, 3.05) is 6.54 Å². The monoisotopic (exact) mass is 315 g/mol. The van der Waals surface area contributed by atoms with Gasteiger partial charge >= 0.3 is 0 Å². The van der Waals surface area contributed by atoms with Crippen LogP contribution in [0.15, 0.2) is 17.1 Å². The summed E-state index contributed by atoms with van der Waals surface area (Å²) in [5, 5.41) is 10.4. The number of aryl methyl sites for hydroxylation is 1. The van der Waals surface area contributed by atoms with Crippen LogP contribution in [0.3, 0.4) is 0 Å². The van der Waals surface area contributed by atoms with E-state index in [0.29, 0.717) is 4.70 Å². The molecule has 1 fully saturated rings. The molecule has 0 spiro atoms. The number of aromatic nitrogens is 4. The standard InChI is InChI=1S/C15H17N5OS/c1-8-9(7-17-20-8)11-6-10-12(22-11)13(21)19-14(18-10)15(2)4-3-5-16-15/h6-7,16H,3-5H2,1-2H3,(H,17,20)(H,18,19,21)/t15-/m0/s1. The van der Waals surface area contributed by atoms with Crippen LogP contribution in [0.25, 0.3) is 20.7 Å². The van der Waals surface area contributed by atoms with Crippen molar-refractivity contribution in [2.45, 2.75) is 32.2 Å². The SMILES string of the molecule is Cc1[nH]ncc1-c1cc2nc([C@]3(C)CCCN3)[nH]c(=O)c2s1. The molecule has 114 valence electrons. The average Bonchev–Trinajstić information content (AvgIpc) is 3.18. The van der Waals surface area contributed by atoms with E-state index < -0.39 is 0 Å². The second-order valence-corrected chi connectivity index (χ2v) is 7.06. The Balaban J connectivity index is 1.88. The van der Waals surface area contributed by atoms with Crippen LogP contribution in [0.4, 0.5) is 0 Å². The van der Waals surface area contributed by atoms with Gasteiger partial charge in [0.15, 0.2) is 0 Å². The van der Waals surface area contributed by atoms with Gasteiger partial charge < -0.3 is 10.3 Å². The largest absolute Gasteiger partial charge is 0.308 e. The van der Waals surface area contributed by atoms with Gasteiger partial charge in [0.1, 0.15) is 10.5 Å². The maximum absolute atomic E-state index is 12.4. The van der Waals surface area contributed by atoms with Gasteiger partial charge in [-0.15, -0.1) is 11.3 Å². The zero-order valence-corrected chi connectivity index (χ0v) is 13.3. The van der Waals surface area contributed by atoms with Gasteiger partial charge in [-0.1, -0.05) is 0 Å². The summed E-state index contributed by atoms with van der Waals surface area (Å²) < 4.78 is 0.668. The molecule has 22 heavy (non-hydrogen) atoms. The third kappa shape index (κ3) is 2.00. The van der Waals surface area contributed by atoms with E-state index in [1.54, 1.807) is 6.20 Å². The van der Waals surface area contributed by atoms with Crippen molar-refractivity contribution >= 4 is 21.6 Å². The van der Waals surface area contributed by atoms with E-state index >= 15 is 0 Å². The van der Waals surface area contributed by atoms with Gasteiger partial charge in [0, 0.05) is 16.1 Å². The quantitative estimate of drug-likeness (QED) is 0.677. The summed E-state index contributed by atoms with van der Waals surface area (Å²) in [5.41, 5.74) is 2.48. The van der Waals surface area contributed by atoms with E-state index in [1.165, 1.54) is 11.3 Å². The van der Waals surface area contributed by atoms with Crippen LogP contribution in [0.5, 0.6) is 0 Å². The molecule has 1 saturated heterocycles. The van der Waals surface area contributed by atoms with Crippen LogP contribution in [0.2, 0.25) is 0 Å². The van der Waals surface area contributed by atoms with Crippen molar-refractivity contribution in [3.05, 3.63) is 34.1 Å². The molecule has 4 heterocycles. The summed E-state index contributed by atoms with van der Waals surface area (Å²) in [6.07, 6.45) is 3.87. The lowest BCUT2D eigenvalue weighted by Gasteiger charge is -2.22. The number of nitrogens with zero attached hydrogens (tertiary/aromatic N) is 2. The Morgan fingerprint density at radius 1 is 1.41 bits per heavy atom. The number of fused-ring (bicyclic) bond motifs is 1. The first kappa shape index (κ1) is 13.7. The predicted molar refractivity (Wildman–Crippen MR) is 87.1 cm³/mol. The van der Waals surface area contributed by atoms with Crippen molar-refractivity contribution in [2.24, 2.45) is 0 Å². The van der Waals surface area contributed by atoms with Crippen LogP contribution in [0, 0.1) is 6.92 Å². The van der Waals surface area contributed by atoms with E-state index in [0.717, 1.165) is 46.9 Å². The summed E-state index contributed by atoms with van der Waals surface area (Å²) in [5.74, 6) is 0.732. The van der Waals surface area contributed by atoms with Crippen molar-refractivity contribution in [1.29, 1.82) is 0 Å². The maximum atomic E-state index is 12.4. The van der Waals surface area contributed by atoms with Crippen molar-refractivity contribution in [3.63, 3.8) is 0 Å². The normalized spacial score (nSPS) is 21.7. The fourth-order valence-corrected chi connectivity index (χ4v) is 4.09. The molecule has 0 bridgehead atoms. The highest BCUT2D eigenvalue weighted by Gasteiger charge is 2.33. The summed E-state index contributed by atoms with van der Waals surface area (Å²) in [6.45, 7) is 5.03. The van der Waals surface area contributed by atoms with Gasteiger partial charge in [0.2, 0.25) is 0 Å². The topological polar surface area (TPSA) is 86.5 Å². The number of hydrogen-bond acceptors (Lipinski definition) is 5. The molecule has 6 nitrogen and oxygen atoms in total. The van der Waals surface area contributed by atoms with Crippen molar-refractivity contribution in [3.8, 4) is 10.4 Å². The fourth-order valence-electron chi connectivity index (χ4n) is 3.03.